The molecule has 0 saturated heterocycles. The van der Waals surface area contributed by atoms with E-state index in [1.165, 1.54) is 19.3 Å². The third-order valence-corrected chi connectivity index (χ3v) is 3.36. The van der Waals surface area contributed by atoms with E-state index < -0.39 is 0 Å². The molecule has 2 atom stereocenters. The lowest BCUT2D eigenvalue weighted by molar-refractivity contribution is -0.125. The topological polar surface area (TPSA) is 26.3 Å². The van der Waals surface area contributed by atoms with Crippen LogP contribution in [0.4, 0.5) is 0 Å². The largest absolute Gasteiger partial charge is 0.373 e. The summed E-state index contributed by atoms with van der Waals surface area (Å²) in [5.74, 6) is 1.69. The Morgan fingerprint density at radius 1 is 1.31 bits per heavy atom. The zero-order valence-corrected chi connectivity index (χ0v) is 11.2. The minimum absolute atomic E-state index is 0.0844. The molecule has 0 spiro atoms. The van der Waals surface area contributed by atoms with Crippen molar-refractivity contribution in [3.63, 3.8) is 0 Å². The lowest BCUT2D eigenvalue weighted by Crippen LogP contribution is -2.20. The first-order chi connectivity index (χ1) is 7.38. The van der Waals surface area contributed by atoms with Crippen LogP contribution in [0.5, 0.6) is 0 Å². The summed E-state index contributed by atoms with van der Waals surface area (Å²) in [5, 5.41) is 0. The first-order valence-corrected chi connectivity index (χ1v) is 6.48. The second-order valence-corrected chi connectivity index (χ2v) is 6.46. The van der Waals surface area contributed by atoms with Gasteiger partial charge in [0.05, 0.1) is 6.61 Å². The highest BCUT2D eigenvalue weighted by atomic mass is 16.5. The molecule has 1 aliphatic carbocycles. The number of carbonyl (C=O) groups excluding carboxylic acids is 1. The maximum Gasteiger partial charge on any atom is 0.158 e. The maximum absolute atomic E-state index is 11.6. The van der Waals surface area contributed by atoms with Gasteiger partial charge >= 0.3 is 0 Å². The van der Waals surface area contributed by atoms with Gasteiger partial charge in [-0.05, 0) is 23.7 Å². The van der Waals surface area contributed by atoms with Crippen LogP contribution in [-0.4, -0.2) is 19.0 Å². The number of hydrogen-bond donors (Lipinski definition) is 0. The van der Waals surface area contributed by atoms with Crippen molar-refractivity contribution in [1.82, 2.24) is 0 Å². The molecule has 0 amide bonds. The average Bonchev–Trinajstić information content (AvgIpc) is 2.48. The van der Waals surface area contributed by atoms with Gasteiger partial charge in [0.1, 0.15) is 6.61 Å². The Labute approximate surface area is 99.8 Å². The monoisotopic (exact) mass is 226 g/mol. The second kappa shape index (κ2) is 5.81. The van der Waals surface area contributed by atoms with Gasteiger partial charge in [-0.3, -0.25) is 4.79 Å². The summed E-state index contributed by atoms with van der Waals surface area (Å²) in [6.07, 6.45) is 4.54. The predicted molar refractivity (Wildman–Crippen MR) is 66.4 cm³/mol. The summed E-state index contributed by atoms with van der Waals surface area (Å²) in [5.41, 5.74) is 0.0844. The molecule has 0 aromatic heterocycles. The zero-order valence-electron chi connectivity index (χ0n) is 11.2. The smallest absolute Gasteiger partial charge is 0.158 e. The van der Waals surface area contributed by atoms with Crippen molar-refractivity contribution in [3.8, 4) is 0 Å². The summed E-state index contributed by atoms with van der Waals surface area (Å²) in [6.45, 7) is 9.63. The van der Waals surface area contributed by atoms with Crippen LogP contribution in [-0.2, 0) is 9.53 Å². The Bertz CT molecular complexity index is 227. The van der Waals surface area contributed by atoms with Crippen molar-refractivity contribution in [2.45, 2.75) is 53.4 Å². The van der Waals surface area contributed by atoms with Crippen LogP contribution in [0.25, 0.3) is 0 Å². The van der Waals surface area contributed by atoms with E-state index in [4.69, 9.17) is 4.74 Å². The van der Waals surface area contributed by atoms with E-state index in [0.29, 0.717) is 18.9 Å². The van der Waals surface area contributed by atoms with Crippen LogP contribution in [0.15, 0.2) is 0 Å². The van der Waals surface area contributed by atoms with Crippen LogP contribution in [0.1, 0.15) is 53.4 Å². The Hall–Kier alpha value is -0.370. The Kier molecular flexibility index (Phi) is 4.97. The van der Waals surface area contributed by atoms with E-state index in [-0.39, 0.29) is 11.2 Å². The minimum Gasteiger partial charge on any atom is -0.373 e. The van der Waals surface area contributed by atoms with E-state index in [9.17, 15) is 4.79 Å². The highest BCUT2D eigenvalue weighted by Crippen LogP contribution is 2.31. The molecule has 1 saturated carbocycles. The van der Waals surface area contributed by atoms with E-state index in [2.05, 4.69) is 27.7 Å². The lowest BCUT2D eigenvalue weighted by atomic mass is 9.90. The van der Waals surface area contributed by atoms with Crippen molar-refractivity contribution in [2.75, 3.05) is 13.2 Å². The summed E-state index contributed by atoms with van der Waals surface area (Å²) in [7, 11) is 0. The molecule has 2 heteroatoms. The third kappa shape index (κ3) is 5.11. The van der Waals surface area contributed by atoms with Gasteiger partial charge in [0, 0.05) is 6.42 Å². The van der Waals surface area contributed by atoms with Gasteiger partial charge in [-0.2, -0.15) is 0 Å². The number of rotatable bonds is 5. The lowest BCUT2D eigenvalue weighted by Gasteiger charge is -2.18. The number of ketones is 1. The molecule has 0 N–H and O–H groups in total. The number of carbonyl (C=O) groups is 1. The average molecular weight is 226 g/mol. The Morgan fingerprint density at radius 2 is 2.00 bits per heavy atom. The standard InChI is InChI=1S/C14H26O2/c1-11-6-5-7-12(11)9-16-10-13(15)8-14(2,3)4/h11-12H,5-10H2,1-4H3. The molecule has 1 aliphatic rings. The van der Waals surface area contributed by atoms with Crippen LogP contribution < -0.4 is 0 Å². The normalized spacial score (nSPS) is 26.0. The highest BCUT2D eigenvalue weighted by molar-refractivity contribution is 5.80. The molecule has 0 heterocycles. The van der Waals surface area contributed by atoms with Crippen molar-refractivity contribution in [1.29, 1.82) is 0 Å². The van der Waals surface area contributed by atoms with Crippen LogP contribution in [0, 0.1) is 17.3 Å². The number of ether oxygens (including phenoxy) is 1. The fraction of sp³-hybridized carbons (Fsp3) is 0.929. The molecule has 1 fully saturated rings. The number of hydrogen-bond acceptors (Lipinski definition) is 2. The van der Waals surface area contributed by atoms with E-state index in [0.717, 1.165) is 12.5 Å². The number of Topliss-reactive ketones (excluding diaryl/α,β-unsaturated/α-hetero) is 1. The van der Waals surface area contributed by atoms with Crippen LogP contribution in [0.2, 0.25) is 0 Å². The molecular weight excluding hydrogens is 200 g/mol. The molecule has 0 aromatic rings. The summed E-state index contributed by atoms with van der Waals surface area (Å²) in [4.78, 5) is 11.6. The summed E-state index contributed by atoms with van der Waals surface area (Å²) in [6, 6.07) is 0. The van der Waals surface area contributed by atoms with E-state index >= 15 is 0 Å². The zero-order chi connectivity index (χ0) is 12.2. The molecule has 0 aliphatic heterocycles. The first kappa shape index (κ1) is 13.7. The van der Waals surface area contributed by atoms with Crippen molar-refractivity contribution < 1.29 is 9.53 Å². The van der Waals surface area contributed by atoms with Gasteiger partial charge in [-0.1, -0.05) is 40.5 Å². The molecule has 1 rings (SSSR count). The van der Waals surface area contributed by atoms with Crippen molar-refractivity contribution in [3.05, 3.63) is 0 Å². The molecule has 0 radical (unpaired) electrons. The molecule has 94 valence electrons. The van der Waals surface area contributed by atoms with Gasteiger partial charge in [0.2, 0.25) is 0 Å². The molecule has 0 bridgehead atoms. The quantitative estimate of drug-likeness (QED) is 0.717. The van der Waals surface area contributed by atoms with Crippen LogP contribution >= 0.6 is 0 Å². The SMILES string of the molecule is CC1CCCC1COCC(=O)CC(C)(C)C. The fourth-order valence-corrected chi connectivity index (χ4v) is 2.44. The van der Waals surface area contributed by atoms with Gasteiger partial charge < -0.3 is 4.74 Å². The molecular formula is C14H26O2. The Morgan fingerprint density at radius 3 is 2.50 bits per heavy atom. The fourth-order valence-electron chi connectivity index (χ4n) is 2.44. The Balaban J connectivity index is 2.13. The second-order valence-electron chi connectivity index (χ2n) is 6.46. The van der Waals surface area contributed by atoms with E-state index in [1.807, 2.05) is 0 Å². The molecule has 2 unspecified atom stereocenters. The van der Waals surface area contributed by atoms with Crippen molar-refractivity contribution in [2.24, 2.45) is 17.3 Å². The van der Waals surface area contributed by atoms with Crippen LogP contribution in [0.3, 0.4) is 0 Å². The van der Waals surface area contributed by atoms with Crippen molar-refractivity contribution >= 4 is 5.78 Å². The van der Waals surface area contributed by atoms with Gasteiger partial charge in [0.25, 0.3) is 0 Å². The maximum atomic E-state index is 11.6. The van der Waals surface area contributed by atoms with E-state index in [1.54, 1.807) is 0 Å². The van der Waals surface area contributed by atoms with Gasteiger partial charge in [-0.25, -0.2) is 0 Å². The third-order valence-electron chi connectivity index (χ3n) is 3.36. The molecule has 16 heavy (non-hydrogen) atoms. The first-order valence-electron chi connectivity index (χ1n) is 6.48. The minimum atomic E-state index is 0.0844. The van der Waals surface area contributed by atoms with Gasteiger partial charge in [0.15, 0.2) is 5.78 Å². The summed E-state index contributed by atoms with van der Waals surface area (Å²) < 4.78 is 5.55. The molecule has 0 aromatic carbocycles. The highest BCUT2D eigenvalue weighted by Gasteiger charge is 2.23. The van der Waals surface area contributed by atoms with Gasteiger partial charge in [-0.15, -0.1) is 0 Å². The molecule has 2 nitrogen and oxygen atoms in total. The summed E-state index contributed by atoms with van der Waals surface area (Å²) >= 11 is 0. The predicted octanol–water partition coefficient (Wildman–Crippen LogP) is 3.44.